The van der Waals surface area contributed by atoms with Gasteiger partial charge in [-0.1, -0.05) is 5.92 Å². The highest BCUT2D eigenvalue weighted by Gasteiger charge is 2.28. The maximum absolute atomic E-state index is 12.8. The van der Waals surface area contributed by atoms with Crippen LogP contribution in [0.4, 0.5) is 8.78 Å². The first kappa shape index (κ1) is 11.3. The Morgan fingerprint density at radius 3 is 2.58 bits per heavy atom. The van der Waals surface area contributed by atoms with Crippen molar-refractivity contribution in [1.29, 1.82) is 0 Å². The number of terminal acetylenes is 1. The fourth-order valence-electron chi connectivity index (χ4n) is 0.921. The molecule has 1 N–H and O–H groups in total. The van der Waals surface area contributed by atoms with Crippen molar-refractivity contribution in [3.63, 3.8) is 0 Å². The topological polar surface area (TPSA) is 15.3 Å². The molecular weight excluding hydrogens is 162 g/mol. The summed E-state index contributed by atoms with van der Waals surface area (Å²) in [5, 5.41) is 2.43. The van der Waals surface area contributed by atoms with Crippen molar-refractivity contribution in [2.45, 2.75) is 5.92 Å². The van der Waals surface area contributed by atoms with E-state index in [9.17, 15) is 8.78 Å². The van der Waals surface area contributed by atoms with Crippen LogP contribution in [0.1, 0.15) is 0 Å². The van der Waals surface area contributed by atoms with Crippen LogP contribution in [-0.4, -0.2) is 44.6 Å². The quantitative estimate of drug-likeness (QED) is 0.610. The number of nitrogens with zero attached hydrogens (tertiary/aromatic N) is 1. The number of halogens is 2. The molecule has 0 bridgehead atoms. The number of nitrogens with one attached hydrogen (secondary N) is 1. The molecule has 0 amide bonds. The van der Waals surface area contributed by atoms with Crippen LogP contribution >= 0.6 is 0 Å². The fourth-order valence-corrected chi connectivity index (χ4v) is 0.921. The number of rotatable bonds is 5. The molecule has 0 aromatic rings. The van der Waals surface area contributed by atoms with E-state index in [4.69, 9.17) is 6.42 Å². The predicted molar refractivity (Wildman–Crippen MR) is 45.2 cm³/mol. The molecule has 0 aliphatic carbocycles. The number of alkyl halides is 2. The molecule has 0 aliphatic rings. The van der Waals surface area contributed by atoms with E-state index in [-0.39, 0.29) is 19.6 Å². The van der Waals surface area contributed by atoms with Gasteiger partial charge in [0.25, 0.3) is 5.92 Å². The standard InChI is InChI=1S/C8H14F2N2/c1-4-5-12(3)7-8(9,10)6-11-2/h1,11H,5-7H2,2-3H3. The third-order valence-electron chi connectivity index (χ3n) is 1.30. The summed E-state index contributed by atoms with van der Waals surface area (Å²) in [6.45, 7) is -0.376. The minimum Gasteiger partial charge on any atom is -0.314 e. The third-order valence-corrected chi connectivity index (χ3v) is 1.30. The molecular formula is C8H14F2N2. The molecule has 12 heavy (non-hydrogen) atoms. The van der Waals surface area contributed by atoms with Crippen LogP contribution in [0.2, 0.25) is 0 Å². The van der Waals surface area contributed by atoms with Gasteiger partial charge in [0.15, 0.2) is 0 Å². The van der Waals surface area contributed by atoms with Crippen molar-refractivity contribution in [2.24, 2.45) is 0 Å². The minimum atomic E-state index is -2.71. The summed E-state index contributed by atoms with van der Waals surface area (Å²) in [6, 6.07) is 0. The highest BCUT2D eigenvalue weighted by atomic mass is 19.3. The Hall–Kier alpha value is -0.660. The maximum atomic E-state index is 12.8. The highest BCUT2D eigenvalue weighted by molar-refractivity contribution is 4.88. The monoisotopic (exact) mass is 176 g/mol. The van der Waals surface area contributed by atoms with E-state index in [0.29, 0.717) is 0 Å². The largest absolute Gasteiger partial charge is 0.314 e. The molecule has 0 fully saturated rings. The predicted octanol–water partition coefficient (Wildman–Crippen LogP) is 0.406. The highest BCUT2D eigenvalue weighted by Crippen LogP contribution is 2.12. The van der Waals surface area contributed by atoms with E-state index < -0.39 is 5.92 Å². The van der Waals surface area contributed by atoms with Crippen molar-refractivity contribution in [2.75, 3.05) is 33.7 Å². The van der Waals surface area contributed by atoms with Gasteiger partial charge in [-0.15, -0.1) is 6.42 Å². The van der Waals surface area contributed by atoms with Gasteiger partial charge in [-0.05, 0) is 14.1 Å². The van der Waals surface area contributed by atoms with Crippen LogP contribution in [0.5, 0.6) is 0 Å². The summed E-state index contributed by atoms with van der Waals surface area (Å²) in [4.78, 5) is 1.41. The molecule has 0 saturated heterocycles. The van der Waals surface area contributed by atoms with Crippen molar-refractivity contribution in [3.05, 3.63) is 0 Å². The van der Waals surface area contributed by atoms with Gasteiger partial charge in [0.05, 0.1) is 19.6 Å². The van der Waals surface area contributed by atoms with E-state index >= 15 is 0 Å². The summed E-state index contributed by atoms with van der Waals surface area (Å²) in [6.07, 6.45) is 4.97. The Balaban J connectivity index is 3.80. The first-order chi connectivity index (χ1) is 5.52. The molecule has 70 valence electrons. The zero-order chi connectivity index (χ0) is 9.61. The second kappa shape index (κ2) is 5.07. The second-order valence-electron chi connectivity index (χ2n) is 2.76. The first-order valence-corrected chi connectivity index (χ1v) is 3.66. The van der Waals surface area contributed by atoms with E-state index in [2.05, 4.69) is 11.2 Å². The van der Waals surface area contributed by atoms with Gasteiger partial charge >= 0.3 is 0 Å². The molecule has 0 unspecified atom stereocenters. The van der Waals surface area contributed by atoms with E-state index in [0.717, 1.165) is 0 Å². The van der Waals surface area contributed by atoms with Gasteiger partial charge in [0.2, 0.25) is 0 Å². The molecule has 0 aliphatic heterocycles. The Morgan fingerprint density at radius 1 is 1.58 bits per heavy atom. The van der Waals surface area contributed by atoms with Crippen LogP contribution in [0, 0.1) is 12.3 Å². The molecule has 0 aromatic carbocycles. The van der Waals surface area contributed by atoms with Crippen LogP contribution in [0.3, 0.4) is 0 Å². The van der Waals surface area contributed by atoms with Crippen LogP contribution in [-0.2, 0) is 0 Å². The van der Waals surface area contributed by atoms with E-state index in [1.807, 2.05) is 0 Å². The number of hydrogen-bond acceptors (Lipinski definition) is 2. The summed E-state index contributed by atoms with van der Waals surface area (Å²) < 4.78 is 25.7. The lowest BCUT2D eigenvalue weighted by atomic mass is 10.3. The minimum absolute atomic E-state index is 0.249. The Bertz CT molecular complexity index is 163. The van der Waals surface area contributed by atoms with Crippen LogP contribution in [0.25, 0.3) is 0 Å². The van der Waals surface area contributed by atoms with Gasteiger partial charge in [-0.3, -0.25) is 4.90 Å². The Labute approximate surface area is 71.9 Å². The van der Waals surface area contributed by atoms with Crippen molar-refractivity contribution in [1.82, 2.24) is 10.2 Å². The molecule has 0 aromatic heterocycles. The molecule has 0 atom stereocenters. The Morgan fingerprint density at radius 2 is 2.17 bits per heavy atom. The molecule has 2 nitrogen and oxygen atoms in total. The van der Waals surface area contributed by atoms with Gasteiger partial charge in [-0.2, -0.15) is 0 Å². The van der Waals surface area contributed by atoms with Crippen molar-refractivity contribution >= 4 is 0 Å². The molecule has 0 rings (SSSR count). The average Bonchev–Trinajstić information content (AvgIpc) is 1.85. The van der Waals surface area contributed by atoms with Crippen LogP contribution < -0.4 is 5.32 Å². The fraction of sp³-hybridized carbons (Fsp3) is 0.750. The first-order valence-electron chi connectivity index (χ1n) is 3.66. The lowest BCUT2D eigenvalue weighted by Crippen LogP contribution is -2.41. The normalized spacial score (nSPS) is 11.7. The second-order valence-corrected chi connectivity index (χ2v) is 2.76. The molecule has 4 heteroatoms. The summed E-state index contributed by atoms with van der Waals surface area (Å²) in [7, 11) is 3.07. The smallest absolute Gasteiger partial charge is 0.272 e. The summed E-state index contributed by atoms with van der Waals surface area (Å²) >= 11 is 0. The van der Waals surface area contributed by atoms with Gasteiger partial charge < -0.3 is 5.32 Å². The van der Waals surface area contributed by atoms with Crippen molar-refractivity contribution < 1.29 is 8.78 Å². The van der Waals surface area contributed by atoms with E-state index in [1.165, 1.54) is 11.9 Å². The van der Waals surface area contributed by atoms with E-state index in [1.54, 1.807) is 7.05 Å². The SMILES string of the molecule is C#CCN(C)CC(F)(F)CNC. The summed E-state index contributed by atoms with van der Waals surface area (Å²) in [5.74, 6) is -0.404. The van der Waals surface area contributed by atoms with Gasteiger partial charge in [0, 0.05) is 0 Å². The van der Waals surface area contributed by atoms with Gasteiger partial charge in [-0.25, -0.2) is 8.78 Å². The molecule has 0 radical (unpaired) electrons. The zero-order valence-corrected chi connectivity index (χ0v) is 7.40. The molecule has 0 saturated carbocycles. The summed E-state index contributed by atoms with van der Waals surface area (Å²) in [5.41, 5.74) is 0. The lowest BCUT2D eigenvalue weighted by Gasteiger charge is -2.21. The third kappa shape index (κ3) is 5.05. The molecule has 0 spiro atoms. The van der Waals surface area contributed by atoms with Crippen LogP contribution in [0.15, 0.2) is 0 Å². The van der Waals surface area contributed by atoms with Gasteiger partial charge in [0.1, 0.15) is 0 Å². The zero-order valence-electron chi connectivity index (χ0n) is 7.40. The Kier molecular flexibility index (Phi) is 4.79. The molecule has 0 heterocycles. The van der Waals surface area contributed by atoms with Crippen molar-refractivity contribution in [3.8, 4) is 12.3 Å². The maximum Gasteiger partial charge on any atom is 0.272 e. The lowest BCUT2D eigenvalue weighted by molar-refractivity contribution is -0.0206. The average molecular weight is 176 g/mol. The number of hydrogen-bond donors (Lipinski definition) is 1.